The molecule has 0 atom stereocenters. The number of nitrogens with zero attached hydrogens (tertiary/aromatic N) is 4. The Morgan fingerprint density at radius 2 is 1.80 bits per heavy atom. The van der Waals surface area contributed by atoms with Crippen molar-refractivity contribution in [2.24, 2.45) is 14.1 Å². The van der Waals surface area contributed by atoms with E-state index < -0.39 is 16.2 Å². The van der Waals surface area contributed by atoms with E-state index in [0.29, 0.717) is 23.4 Å². The van der Waals surface area contributed by atoms with Crippen LogP contribution >= 0.6 is 0 Å². The number of nitro benzene ring substituents is 1. The lowest BCUT2D eigenvalue weighted by Gasteiger charge is -2.00. The second-order valence-corrected chi connectivity index (χ2v) is 5.86. The molecular weight excluding hydrogens is 326 g/mol. The highest BCUT2D eigenvalue weighted by molar-refractivity contribution is 5.69. The molecule has 0 aliphatic carbocycles. The third-order valence-electron chi connectivity index (χ3n) is 4.17. The molecule has 25 heavy (non-hydrogen) atoms. The predicted molar refractivity (Wildman–Crippen MR) is 91.7 cm³/mol. The van der Waals surface area contributed by atoms with Gasteiger partial charge in [-0.2, -0.15) is 0 Å². The quantitative estimate of drug-likeness (QED) is 0.549. The van der Waals surface area contributed by atoms with Crippen LogP contribution in [0, 0.1) is 10.1 Å². The molecule has 0 unspecified atom stereocenters. The summed E-state index contributed by atoms with van der Waals surface area (Å²) in [5.41, 5.74) is 0.907. The van der Waals surface area contributed by atoms with Crippen molar-refractivity contribution in [3.8, 4) is 0 Å². The van der Waals surface area contributed by atoms with Gasteiger partial charge in [-0.3, -0.25) is 24.0 Å². The molecule has 9 heteroatoms. The molecular formula is C16H17N5O4. The van der Waals surface area contributed by atoms with Crippen LogP contribution in [0.15, 0.2) is 33.9 Å². The first kappa shape index (κ1) is 16.6. The van der Waals surface area contributed by atoms with Crippen LogP contribution in [0.5, 0.6) is 0 Å². The Balaban J connectivity index is 1.75. The number of fused-ring (bicyclic) bond motifs is 1. The molecule has 0 saturated carbocycles. The van der Waals surface area contributed by atoms with Crippen molar-refractivity contribution in [3.63, 3.8) is 0 Å². The highest BCUT2D eigenvalue weighted by Crippen LogP contribution is 2.14. The third-order valence-corrected chi connectivity index (χ3v) is 4.17. The molecule has 0 spiro atoms. The second-order valence-electron chi connectivity index (χ2n) is 5.86. The SMILES string of the molecule is Cn1c(=O)c2[nH]c(CCCc3ccc([N+](=O)[O-])cc3)nc2n(C)c1=O. The molecule has 1 N–H and O–H groups in total. The Hall–Kier alpha value is -3.23. The van der Waals surface area contributed by atoms with E-state index in [0.717, 1.165) is 23.0 Å². The standard InChI is InChI=1S/C16H17N5O4/c1-19-14-13(15(22)20(2)16(19)23)17-12(18-14)5-3-4-10-6-8-11(9-7-10)21(24)25/h6-9H,3-5H2,1-2H3,(H,17,18). The van der Waals surface area contributed by atoms with Crippen molar-refractivity contribution in [1.29, 1.82) is 0 Å². The first-order valence-electron chi connectivity index (χ1n) is 7.76. The number of non-ortho nitro benzene ring substituents is 1. The van der Waals surface area contributed by atoms with Gasteiger partial charge in [-0.1, -0.05) is 12.1 Å². The number of hydrogen-bond acceptors (Lipinski definition) is 5. The summed E-state index contributed by atoms with van der Waals surface area (Å²) < 4.78 is 2.38. The van der Waals surface area contributed by atoms with Gasteiger partial charge in [0.05, 0.1) is 4.92 Å². The van der Waals surface area contributed by atoms with E-state index in [1.165, 1.54) is 23.7 Å². The van der Waals surface area contributed by atoms with Crippen LogP contribution in [-0.4, -0.2) is 24.0 Å². The third kappa shape index (κ3) is 3.08. The van der Waals surface area contributed by atoms with Gasteiger partial charge >= 0.3 is 5.69 Å². The van der Waals surface area contributed by atoms with Crippen molar-refractivity contribution < 1.29 is 4.92 Å². The summed E-state index contributed by atoms with van der Waals surface area (Å²) in [6.07, 6.45) is 2.08. The zero-order chi connectivity index (χ0) is 18.1. The van der Waals surface area contributed by atoms with E-state index in [1.807, 2.05) is 0 Å². The summed E-state index contributed by atoms with van der Waals surface area (Å²) in [7, 11) is 3.00. The maximum Gasteiger partial charge on any atom is 0.332 e. The van der Waals surface area contributed by atoms with Gasteiger partial charge in [-0.25, -0.2) is 9.78 Å². The molecule has 0 fully saturated rings. The molecule has 0 aliphatic heterocycles. The van der Waals surface area contributed by atoms with Gasteiger partial charge in [0.25, 0.3) is 11.2 Å². The average Bonchev–Trinajstić information content (AvgIpc) is 3.03. The molecule has 0 amide bonds. The van der Waals surface area contributed by atoms with E-state index in [-0.39, 0.29) is 5.69 Å². The fourth-order valence-electron chi connectivity index (χ4n) is 2.74. The summed E-state index contributed by atoms with van der Waals surface area (Å²) >= 11 is 0. The lowest BCUT2D eigenvalue weighted by Crippen LogP contribution is -2.36. The minimum atomic E-state index is -0.428. The van der Waals surface area contributed by atoms with Crippen LogP contribution < -0.4 is 11.2 Å². The number of nitro groups is 1. The number of rotatable bonds is 5. The van der Waals surface area contributed by atoms with Gasteiger partial charge in [0, 0.05) is 32.6 Å². The molecule has 1 aromatic carbocycles. The summed E-state index contributed by atoms with van der Waals surface area (Å²) in [4.78, 5) is 41.6. The van der Waals surface area contributed by atoms with E-state index in [2.05, 4.69) is 9.97 Å². The number of aryl methyl sites for hydroxylation is 3. The summed E-state index contributed by atoms with van der Waals surface area (Å²) in [5.74, 6) is 0.634. The lowest BCUT2D eigenvalue weighted by atomic mass is 10.1. The number of H-pyrrole nitrogens is 1. The molecule has 2 heterocycles. The Morgan fingerprint density at radius 1 is 1.12 bits per heavy atom. The van der Waals surface area contributed by atoms with Crippen molar-refractivity contribution >= 4 is 16.9 Å². The van der Waals surface area contributed by atoms with Gasteiger partial charge in [0.2, 0.25) is 0 Å². The van der Waals surface area contributed by atoms with Crippen LogP contribution in [-0.2, 0) is 26.9 Å². The monoisotopic (exact) mass is 343 g/mol. The van der Waals surface area contributed by atoms with E-state index in [4.69, 9.17) is 0 Å². The summed E-state index contributed by atoms with van der Waals surface area (Å²) in [6, 6.07) is 6.43. The number of aromatic amines is 1. The predicted octanol–water partition coefficient (Wildman–Crippen LogP) is 1.04. The van der Waals surface area contributed by atoms with Crippen LogP contribution in [0.3, 0.4) is 0 Å². The highest BCUT2D eigenvalue weighted by atomic mass is 16.6. The van der Waals surface area contributed by atoms with Crippen LogP contribution in [0.2, 0.25) is 0 Å². The molecule has 0 radical (unpaired) electrons. The minimum absolute atomic E-state index is 0.0674. The first-order valence-corrected chi connectivity index (χ1v) is 7.76. The van der Waals surface area contributed by atoms with Crippen molar-refractivity contribution in [2.75, 3.05) is 0 Å². The summed E-state index contributed by atoms with van der Waals surface area (Å²) in [5, 5.41) is 10.6. The topological polar surface area (TPSA) is 116 Å². The lowest BCUT2D eigenvalue weighted by molar-refractivity contribution is -0.384. The van der Waals surface area contributed by atoms with Crippen molar-refractivity contribution in [3.05, 3.63) is 66.6 Å². The van der Waals surface area contributed by atoms with Gasteiger partial charge in [0.1, 0.15) is 11.3 Å². The smallest absolute Gasteiger partial charge is 0.332 e. The van der Waals surface area contributed by atoms with Crippen molar-refractivity contribution in [2.45, 2.75) is 19.3 Å². The normalized spacial score (nSPS) is 11.1. The minimum Gasteiger partial charge on any atom is -0.336 e. The Bertz CT molecular complexity index is 1060. The van der Waals surface area contributed by atoms with Gasteiger partial charge in [-0.15, -0.1) is 0 Å². The Morgan fingerprint density at radius 3 is 2.44 bits per heavy atom. The number of nitrogens with one attached hydrogen (secondary N) is 1. The zero-order valence-electron chi connectivity index (χ0n) is 13.9. The zero-order valence-corrected chi connectivity index (χ0v) is 13.9. The molecule has 130 valence electrons. The number of imidazole rings is 1. The Kier molecular flexibility index (Phi) is 4.22. The molecule has 0 aliphatic rings. The molecule has 9 nitrogen and oxygen atoms in total. The average molecular weight is 343 g/mol. The Labute approximate surface area is 141 Å². The maximum absolute atomic E-state index is 12.1. The fraction of sp³-hybridized carbons (Fsp3) is 0.312. The van der Waals surface area contributed by atoms with E-state index in [9.17, 15) is 19.7 Å². The summed E-state index contributed by atoms with van der Waals surface area (Å²) in [6.45, 7) is 0. The second kappa shape index (κ2) is 6.34. The molecule has 3 aromatic rings. The fourth-order valence-corrected chi connectivity index (χ4v) is 2.74. The van der Waals surface area contributed by atoms with Crippen molar-refractivity contribution in [1.82, 2.24) is 19.1 Å². The highest BCUT2D eigenvalue weighted by Gasteiger charge is 2.13. The molecule has 0 saturated heterocycles. The maximum atomic E-state index is 12.1. The number of hydrogen-bond donors (Lipinski definition) is 1. The van der Waals surface area contributed by atoms with Gasteiger partial charge in [-0.05, 0) is 18.4 Å². The molecule has 2 aromatic heterocycles. The number of benzene rings is 1. The molecule has 3 rings (SSSR count). The van der Waals surface area contributed by atoms with E-state index >= 15 is 0 Å². The van der Waals surface area contributed by atoms with Gasteiger partial charge < -0.3 is 4.98 Å². The largest absolute Gasteiger partial charge is 0.336 e. The van der Waals surface area contributed by atoms with Gasteiger partial charge in [0.15, 0.2) is 5.65 Å². The number of aromatic nitrogens is 4. The molecule has 0 bridgehead atoms. The van der Waals surface area contributed by atoms with Crippen LogP contribution in [0.1, 0.15) is 17.8 Å². The first-order chi connectivity index (χ1) is 11.9. The van der Waals surface area contributed by atoms with E-state index in [1.54, 1.807) is 19.2 Å². The van der Waals surface area contributed by atoms with Crippen LogP contribution in [0.25, 0.3) is 11.2 Å². The van der Waals surface area contributed by atoms with Crippen LogP contribution in [0.4, 0.5) is 5.69 Å².